The maximum absolute atomic E-state index is 12.4. The highest BCUT2D eigenvalue weighted by molar-refractivity contribution is 7.92. The molecule has 0 atom stereocenters. The van der Waals surface area contributed by atoms with E-state index in [2.05, 4.69) is 0 Å². The molecule has 1 aliphatic heterocycles. The molecule has 134 valence electrons. The molecule has 0 spiro atoms. The van der Waals surface area contributed by atoms with Crippen molar-refractivity contribution in [1.82, 2.24) is 0 Å². The van der Waals surface area contributed by atoms with E-state index in [0.29, 0.717) is 29.1 Å². The smallest absolute Gasteiger partial charge is 0.232 e. The minimum atomic E-state index is -3.32. The van der Waals surface area contributed by atoms with E-state index in [0.717, 1.165) is 18.4 Å². The van der Waals surface area contributed by atoms with Crippen molar-refractivity contribution in [3.8, 4) is 11.8 Å². The van der Waals surface area contributed by atoms with Crippen LogP contribution in [0.1, 0.15) is 27.9 Å². The quantitative estimate of drug-likeness (QED) is 0.755. The fourth-order valence-electron chi connectivity index (χ4n) is 2.94. The van der Waals surface area contributed by atoms with Crippen molar-refractivity contribution in [3.63, 3.8) is 0 Å². The van der Waals surface area contributed by atoms with Crippen molar-refractivity contribution in [2.45, 2.75) is 12.8 Å². The lowest BCUT2D eigenvalue weighted by atomic mass is 9.99. The highest BCUT2D eigenvalue weighted by Crippen LogP contribution is 2.30. The highest BCUT2D eigenvalue weighted by Gasteiger charge is 2.24. The Balaban J connectivity index is 1.73. The van der Waals surface area contributed by atoms with Crippen LogP contribution in [0, 0.1) is 11.3 Å². The number of benzene rings is 2. The van der Waals surface area contributed by atoms with E-state index in [9.17, 15) is 13.2 Å². The summed E-state index contributed by atoms with van der Waals surface area (Å²) >= 11 is 0. The molecule has 3 rings (SSSR count). The summed E-state index contributed by atoms with van der Waals surface area (Å²) in [6, 6.07) is 13.6. The van der Waals surface area contributed by atoms with Crippen LogP contribution in [0.25, 0.3) is 0 Å². The second kappa shape index (κ2) is 7.18. The molecule has 2 aromatic carbocycles. The Morgan fingerprint density at radius 2 is 1.96 bits per heavy atom. The number of fused-ring (bicyclic) bond motifs is 1. The fraction of sp³-hybridized carbons (Fsp3) is 0.263. The molecule has 6 nitrogen and oxygen atoms in total. The van der Waals surface area contributed by atoms with Gasteiger partial charge in [0.05, 0.1) is 23.6 Å². The number of ketones is 1. The number of hydrogen-bond donors (Lipinski definition) is 0. The van der Waals surface area contributed by atoms with Gasteiger partial charge in [-0.25, -0.2) is 8.42 Å². The first-order chi connectivity index (χ1) is 12.4. The van der Waals surface area contributed by atoms with E-state index in [4.69, 9.17) is 10.00 Å². The maximum atomic E-state index is 12.4. The van der Waals surface area contributed by atoms with Gasteiger partial charge in [-0.1, -0.05) is 0 Å². The van der Waals surface area contributed by atoms with E-state index in [1.54, 1.807) is 42.5 Å². The predicted molar refractivity (Wildman–Crippen MR) is 97.9 cm³/mol. The molecule has 0 aromatic heterocycles. The predicted octanol–water partition coefficient (Wildman–Crippen LogP) is 2.53. The minimum absolute atomic E-state index is 0.125. The van der Waals surface area contributed by atoms with Crippen LogP contribution in [-0.2, 0) is 16.4 Å². The van der Waals surface area contributed by atoms with Crippen molar-refractivity contribution in [1.29, 1.82) is 5.26 Å². The van der Waals surface area contributed by atoms with Gasteiger partial charge < -0.3 is 4.74 Å². The molecule has 0 fully saturated rings. The van der Waals surface area contributed by atoms with Crippen molar-refractivity contribution >= 4 is 21.5 Å². The summed E-state index contributed by atoms with van der Waals surface area (Å²) < 4.78 is 30.6. The Labute approximate surface area is 152 Å². The first-order valence-electron chi connectivity index (χ1n) is 8.15. The van der Waals surface area contributed by atoms with Crippen molar-refractivity contribution < 1.29 is 17.9 Å². The Morgan fingerprint density at radius 1 is 1.23 bits per heavy atom. The number of ether oxygens (including phenoxy) is 1. The van der Waals surface area contributed by atoms with Crippen molar-refractivity contribution in [2.75, 3.05) is 23.7 Å². The lowest BCUT2D eigenvalue weighted by Crippen LogP contribution is -2.34. The zero-order valence-corrected chi connectivity index (χ0v) is 15.1. The van der Waals surface area contributed by atoms with Crippen LogP contribution in [-0.4, -0.2) is 33.6 Å². The lowest BCUT2D eigenvalue weighted by Gasteiger charge is -2.29. The summed E-state index contributed by atoms with van der Waals surface area (Å²) in [7, 11) is -3.32. The van der Waals surface area contributed by atoms with E-state index < -0.39 is 10.0 Å². The summed E-state index contributed by atoms with van der Waals surface area (Å²) in [5.74, 6) is 0.326. The summed E-state index contributed by atoms with van der Waals surface area (Å²) in [6.07, 6.45) is 2.64. The van der Waals surface area contributed by atoms with Gasteiger partial charge in [0.1, 0.15) is 5.75 Å². The van der Waals surface area contributed by atoms with Gasteiger partial charge >= 0.3 is 0 Å². The Hall–Kier alpha value is -2.85. The van der Waals surface area contributed by atoms with Crippen molar-refractivity contribution in [3.05, 3.63) is 59.2 Å². The third-order valence-electron chi connectivity index (χ3n) is 4.23. The highest BCUT2D eigenvalue weighted by atomic mass is 32.2. The number of carbonyl (C=O) groups is 1. The van der Waals surface area contributed by atoms with Gasteiger partial charge in [-0.05, 0) is 60.9 Å². The molecule has 1 aliphatic rings. The first-order valence-corrected chi connectivity index (χ1v) is 10.00. The fourth-order valence-corrected chi connectivity index (χ4v) is 3.93. The first kappa shape index (κ1) is 18.0. The normalized spacial score (nSPS) is 13.6. The zero-order chi connectivity index (χ0) is 18.7. The SMILES string of the molecule is CS(=O)(=O)N1CCCc2cc(C(=O)COc3ccc(C#N)cc3)ccc21. The molecule has 26 heavy (non-hydrogen) atoms. The Bertz CT molecular complexity index is 976. The molecule has 0 bridgehead atoms. The summed E-state index contributed by atoms with van der Waals surface area (Å²) in [4.78, 5) is 12.4. The van der Waals surface area contributed by atoms with E-state index in [-0.39, 0.29) is 12.4 Å². The topological polar surface area (TPSA) is 87.5 Å². The molecule has 0 radical (unpaired) electrons. The second-order valence-electron chi connectivity index (χ2n) is 6.13. The molecule has 0 saturated carbocycles. The number of nitrogens with zero attached hydrogens (tertiary/aromatic N) is 2. The third-order valence-corrected chi connectivity index (χ3v) is 5.41. The van der Waals surface area contributed by atoms with Gasteiger partial charge in [0.15, 0.2) is 12.4 Å². The van der Waals surface area contributed by atoms with Gasteiger partial charge in [0.25, 0.3) is 0 Å². The van der Waals surface area contributed by atoms with E-state index in [1.165, 1.54) is 10.6 Å². The number of aryl methyl sites for hydroxylation is 1. The molecule has 0 aliphatic carbocycles. The average Bonchev–Trinajstić information content (AvgIpc) is 2.64. The van der Waals surface area contributed by atoms with Crippen molar-refractivity contribution in [2.24, 2.45) is 0 Å². The number of hydrogen-bond acceptors (Lipinski definition) is 5. The van der Waals surface area contributed by atoms with Gasteiger partial charge in [-0.3, -0.25) is 9.10 Å². The summed E-state index contributed by atoms with van der Waals surface area (Å²) in [6.45, 7) is 0.335. The van der Waals surface area contributed by atoms with Crippen LogP contribution >= 0.6 is 0 Å². The van der Waals surface area contributed by atoms with E-state index in [1.807, 2.05) is 6.07 Å². The zero-order valence-electron chi connectivity index (χ0n) is 14.3. The molecule has 2 aromatic rings. The number of rotatable bonds is 5. The maximum Gasteiger partial charge on any atom is 0.232 e. The van der Waals surface area contributed by atoms with Crippen LogP contribution in [0.5, 0.6) is 5.75 Å². The standard InChI is InChI=1S/C19H18N2O4S/c1-26(23,24)21-10-2-3-15-11-16(6-9-18(15)21)19(22)13-25-17-7-4-14(12-20)5-8-17/h4-9,11H,2-3,10,13H2,1H3. The Kier molecular flexibility index (Phi) is 4.96. The molecule has 0 saturated heterocycles. The van der Waals surface area contributed by atoms with Gasteiger partial charge in [-0.2, -0.15) is 5.26 Å². The number of Topliss-reactive ketones (excluding diaryl/α,β-unsaturated/α-hetero) is 1. The molecule has 0 unspecified atom stereocenters. The van der Waals surface area contributed by atoms with Gasteiger partial charge in [0.2, 0.25) is 10.0 Å². The molecular weight excluding hydrogens is 352 g/mol. The monoisotopic (exact) mass is 370 g/mol. The third kappa shape index (κ3) is 3.86. The van der Waals surface area contributed by atoms with Crippen LogP contribution in [0.4, 0.5) is 5.69 Å². The molecule has 7 heteroatoms. The number of sulfonamides is 1. The van der Waals surface area contributed by atoms with E-state index >= 15 is 0 Å². The summed E-state index contributed by atoms with van der Waals surface area (Å²) in [5, 5.41) is 8.78. The lowest BCUT2D eigenvalue weighted by molar-refractivity contribution is 0.0921. The average molecular weight is 370 g/mol. The largest absolute Gasteiger partial charge is 0.485 e. The molecule has 1 heterocycles. The second-order valence-corrected chi connectivity index (χ2v) is 8.04. The van der Waals surface area contributed by atoms with Crippen LogP contribution in [0.3, 0.4) is 0 Å². The van der Waals surface area contributed by atoms with Gasteiger partial charge in [-0.15, -0.1) is 0 Å². The number of carbonyl (C=O) groups excluding carboxylic acids is 1. The van der Waals surface area contributed by atoms with Gasteiger partial charge in [0, 0.05) is 12.1 Å². The molecule has 0 N–H and O–H groups in total. The summed E-state index contributed by atoms with van der Waals surface area (Å²) in [5.41, 5.74) is 2.51. The van der Waals surface area contributed by atoms with Crippen LogP contribution in [0.15, 0.2) is 42.5 Å². The van der Waals surface area contributed by atoms with Crippen LogP contribution in [0.2, 0.25) is 0 Å². The minimum Gasteiger partial charge on any atom is -0.485 e. The number of anilines is 1. The molecular formula is C19H18N2O4S. The Morgan fingerprint density at radius 3 is 2.62 bits per heavy atom. The number of nitriles is 1. The van der Waals surface area contributed by atoms with Crippen LogP contribution < -0.4 is 9.04 Å². The molecule has 0 amide bonds.